The smallest absolute Gasteiger partial charge is 0.343 e. The van der Waals surface area contributed by atoms with Gasteiger partial charge in [-0.05, 0) is 97.8 Å². The Bertz CT molecular complexity index is 1610. The molecule has 0 N–H and O–H groups in total. The fourth-order valence-electron chi connectivity index (χ4n) is 4.51. The maximum atomic E-state index is 12.7. The van der Waals surface area contributed by atoms with Crippen LogP contribution in [0.5, 0.6) is 17.2 Å². The Kier molecular flexibility index (Phi) is 8.43. The van der Waals surface area contributed by atoms with Gasteiger partial charge in [0.2, 0.25) is 5.91 Å². The van der Waals surface area contributed by atoms with Crippen molar-refractivity contribution < 1.29 is 33.4 Å². The second-order valence-electron chi connectivity index (χ2n) is 10.1. The minimum atomic E-state index is -0.684. The number of aryl methyl sites for hydroxylation is 2. The number of amides is 1. The molecule has 0 spiro atoms. The van der Waals surface area contributed by atoms with Crippen LogP contribution in [-0.2, 0) is 14.3 Å². The summed E-state index contributed by atoms with van der Waals surface area (Å²) in [5.74, 6) is -0.777. The predicted octanol–water partition coefficient (Wildman–Crippen LogP) is 6.09. The third-order valence-electron chi connectivity index (χ3n) is 7.06. The van der Waals surface area contributed by atoms with E-state index in [-0.39, 0.29) is 24.6 Å². The number of carbonyl (C=O) groups is 4. The van der Waals surface area contributed by atoms with Crippen LogP contribution in [0.2, 0.25) is 0 Å². The third-order valence-corrected chi connectivity index (χ3v) is 7.06. The summed E-state index contributed by atoms with van der Waals surface area (Å²) >= 11 is 0. The van der Waals surface area contributed by atoms with E-state index < -0.39 is 30.2 Å². The lowest BCUT2D eigenvalue weighted by molar-refractivity contribution is -0.147. The highest BCUT2D eigenvalue weighted by atomic mass is 16.5. The van der Waals surface area contributed by atoms with E-state index in [1.54, 1.807) is 54.6 Å². The van der Waals surface area contributed by atoms with Gasteiger partial charge in [0.15, 0.2) is 12.4 Å². The minimum absolute atomic E-state index is 0.00457. The summed E-state index contributed by atoms with van der Waals surface area (Å²) in [6, 6.07) is 27.5. The van der Waals surface area contributed by atoms with Gasteiger partial charge in [0.1, 0.15) is 17.2 Å². The summed E-state index contributed by atoms with van der Waals surface area (Å²) in [6.07, 6.45) is -0.00457. The van der Waals surface area contributed by atoms with Gasteiger partial charge in [-0.15, -0.1) is 0 Å². The Morgan fingerprint density at radius 3 is 2.12 bits per heavy atom. The van der Waals surface area contributed by atoms with Gasteiger partial charge in [-0.1, -0.05) is 24.3 Å². The van der Waals surface area contributed by atoms with Crippen LogP contribution in [0.25, 0.3) is 0 Å². The number of hydrogen-bond acceptors (Lipinski definition) is 7. The number of esters is 2. The molecule has 212 valence electrons. The number of ketones is 1. The summed E-state index contributed by atoms with van der Waals surface area (Å²) in [5.41, 5.74) is 3.67. The molecular weight excluding hydrogens is 534 g/mol. The van der Waals surface area contributed by atoms with Crippen molar-refractivity contribution in [2.75, 3.05) is 18.1 Å². The zero-order chi connectivity index (χ0) is 29.6. The lowest BCUT2D eigenvalue weighted by atomic mass is 10.1. The van der Waals surface area contributed by atoms with Gasteiger partial charge in [-0.25, -0.2) is 4.79 Å². The molecule has 0 bridgehead atoms. The van der Waals surface area contributed by atoms with Gasteiger partial charge in [0.05, 0.1) is 11.5 Å². The Morgan fingerprint density at radius 1 is 0.762 bits per heavy atom. The van der Waals surface area contributed by atoms with E-state index in [2.05, 4.69) is 0 Å². The van der Waals surface area contributed by atoms with E-state index >= 15 is 0 Å². The maximum Gasteiger partial charge on any atom is 0.343 e. The molecule has 8 nitrogen and oxygen atoms in total. The zero-order valence-corrected chi connectivity index (χ0v) is 23.2. The van der Waals surface area contributed by atoms with Crippen molar-refractivity contribution in [3.8, 4) is 17.2 Å². The molecule has 0 aromatic heterocycles. The molecule has 8 heteroatoms. The van der Waals surface area contributed by atoms with Crippen LogP contribution in [0.1, 0.15) is 38.3 Å². The summed E-state index contributed by atoms with van der Waals surface area (Å²) in [5, 5.41) is 0. The normalized spacial score (nSPS) is 14.4. The molecule has 42 heavy (non-hydrogen) atoms. The predicted molar refractivity (Wildman–Crippen MR) is 156 cm³/mol. The Labute approximate surface area is 243 Å². The molecular formula is C34H29NO7. The highest BCUT2D eigenvalue weighted by molar-refractivity contribution is 6.01. The molecule has 1 atom stereocenters. The molecule has 0 aliphatic carbocycles. The molecule has 1 amide bonds. The SMILES string of the molecule is Cc1ccc(Oc2ccc(N3C[C@H](C(=O)OCC(=O)c4ccc(OC(=O)c5ccccc5)cc4)CC3=O)cc2)cc1C. The molecule has 4 aromatic rings. The first-order chi connectivity index (χ1) is 20.3. The molecule has 1 aliphatic heterocycles. The van der Waals surface area contributed by atoms with Crippen LogP contribution in [0.3, 0.4) is 0 Å². The average Bonchev–Trinajstić information content (AvgIpc) is 3.40. The van der Waals surface area contributed by atoms with Crippen molar-refractivity contribution in [1.29, 1.82) is 0 Å². The van der Waals surface area contributed by atoms with Gasteiger partial charge < -0.3 is 19.1 Å². The average molecular weight is 564 g/mol. The van der Waals surface area contributed by atoms with Crippen LogP contribution in [0.15, 0.2) is 97.1 Å². The quantitative estimate of drug-likeness (QED) is 0.138. The number of Topliss-reactive ketones (excluding diaryl/α,β-unsaturated/α-hetero) is 1. The lowest BCUT2D eigenvalue weighted by Gasteiger charge is -2.17. The van der Waals surface area contributed by atoms with Gasteiger partial charge in [-0.2, -0.15) is 0 Å². The van der Waals surface area contributed by atoms with Crippen LogP contribution in [-0.4, -0.2) is 36.8 Å². The van der Waals surface area contributed by atoms with Gasteiger partial charge in [0, 0.05) is 24.2 Å². The summed E-state index contributed by atoms with van der Waals surface area (Å²) < 4.78 is 16.5. The fourth-order valence-corrected chi connectivity index (χ4v) is 4.51. The van der Waals surface area contributed by atoms with Crippen molar-refractivity contribution in [2.45, 2.75) is 20.3 Å². The van der Waals surface area contributed by atoms with E-state index in [9.17, 15) is 19.2 Å². The molecule has 1 fully saturated rings. The molecule has 4 aromatic carbocycles. The minimum Gasteiger partial charge on any atom is -0.457 e. The second-order valence-corrected chi connectivity index (χ2v) is 10.1. The van der Waals surface area contributed by atoms with Crippen molar-refractivity contribution in [1.82, 2.24) is 0 Å². The van der Waals surface area contributed by atoms with E-state index in [1.165, 1.54) is 34.7 Å². The number of ether oxygens (including phenoxy) is 3. The number of hydrogen-bond donors (Lipinski definition) is 0. The van der Waals surface area contributed by atoms with Crippen molar-refractivity contribution in [2.24, 2.45) is 5.92 Å². The second kappa shape index (κ2) is 12.5. The first-order valence-corrected chi connectivity index (χ1v) is 13.5. The fraction of sp³-hybridized carbons (Fsp3) is 0.176. The molecule has 0 saturated carbocycles. The first-order valence-electron chi connectivity index (χ1n) is 13.5. The highest BCUT2D eigenvalue weighted by Crippen LogP contribution is 2.30. The topological polar surface area (TPSA) is 99.2 Å². The monoisotopic (exact) mass is 563 g/mol. The number of rotatable bonds is 9. The Morgan fingerprint density at radius 2 is 1.43 bits per heavy atom. The van der Waals surface area contributed by atoms with Gasteiger partial charge in [-0.3, -0.25) is 14.4 Å². The summed E-state index contributed by atoms with van der Waals surface area (Å²) in [7, 11) is 0. The molecule has 0 radical (unpaired) electrons. The first kappa shape index (κ1) is 28.3. The molecule has 0 unspecified atom stereocenters. The van der Waals surface area contributed by atoms with E-state index in [4.69, 9.17) is 14.2 Å². The largest absolute Gasteiger partial charge is 0.457 e. The van der Waals surface area contributed by atoms with Crippen molar-refractivity contribution >= 4 is 29.3 Å². The van der Waals surface area contributed by atoms with Crippen LogP contribution in [0.4, 0.5) is 5.69 Å². The van der Waals surface area contributed by atoms with E-state index in [0.717, 1.165) is 11.3 Å². The molecule has 1 aliphatic rings. The number of nitrogens with zero attached hydrogens (tertiary/aromatic N) is 1. The van der Waals surface area contributed by atoms with Crippen LogP contribution >= 0.6 is 0 Å². The zero-order valence-electron chi connectivity index (χ0n) is 23.2. The summed E-state index contributed by atoms with van der Waals surface area (Å²) in [6.45, 7) is 3.75. The maximum absolute atomic E-state index is 12.7. The third kappa shape index (κ3) is 6.72. The standard InChI is InChI=1S/C34H29NO7/c1-22-8-13-30(18-23(22)2)41-28-16-11-27(12-17-28)35-20-26(19-32(35)37)33(38)40-21-31(36)24-9-14-29(15-10-24)42-34(39)25-6-4-3-5-7-25/h3-18,26H,19-21H2,1-2H3/t26-/m1/s1. The van der Waals surface area contributed by atoms with Crippen molar-refractivity contribution in [3.05, 3.63) is 119 Å². The Balaban J connectivity index is 1.11. The summed E-state index contributed by atoms with van der Waals surface area (Å²) in [4.78, 5) is 51.7. The van der Waals surface area contributed by atoms with Gasteiger partial charge in [0.25, 0.3) is 0 Å². The molecule has 5 rings (SSSR count). The Hall–Kier alpha value is -5.24. The van der Waals surface area contributed by atoms with E-state index in [1.807, 2.05) is 32.0 Å². The van der Waals surface area contributed by atoms with Crippen LogP contribution in [0, 0.1) is 19.8 Å². The highest BCUT2D eigenvalue weighted by Gasteiger charge is 2.36. The van der Waals surface area contributed by atoms with Crippen molar-refractivity contribution in [3.63, 3.8) is 0 Å². The number of benzene rings is 4. The number of carbonyl (C=O) groups excluding carboxylic acids is 4. The lowest BCUT2D eigenvalue weighted by Crippen LogP contribution is -2.27. The molecule has 1 heterocycles. The van der Waals surface area contributed by atoms with Crippen LogP contribution < -0.4 is 14.4 Å². The molecule has 1 saturated heterocycles. The number of anilines is 1. The van der Waals surface area contributed by atoms with Gasteiger partial charge >= 0.3 is 11.9 Å². The van der Waals surface area contributed by atoms with E-state index in [0.29, 0.717) is 22.6 Å².